The van der Waals surface area contributed by atoms with Crippen molar-refractivity contribution >= 4 is 0 Å². The fourth-order valence-corrected chi connectivity index (χ4v) is 8.15. The van der Waals surface area contributed by atoms with Gasteiger partial charge in [-0.05, 0) is 85.4 Å². The summed E-state index contributed by atoms with van der Waals surface area (Å²) < 4.78 is 5.84. The van der Waals surface area contributed by atoms with Gasteiger partial charge in [-0.3, -0.25) is 0 Å². The normalized spacial score (nSPS) is 55.1. The Morgan fingerprint density at radius 2 is 1.96 bits per heavy atom. The molecule has 1 N–H and O–H groups in total. The standard InChI is InChI=1S/C23H36O2/c1-15(13-24)18-6-7-19-17-5-4-16-12-23(14-25-23)11-10-21(16,2)20(17)8-9-22(18,19)3/h4,15,17-20,24H,5-14H2,1-3H3/t15-,17+,18-,19+,20+,21+,22-,23?/m1/s1. The first kappa shape index (κ1) is 16.8. The summed E-state index contributed by atoms with van der Waals surface area (Å²) in [5.41, 5.74) is 2.93. The Hall–Kier alpha value is -0.340. The van der Waals surface area contributed by atoms with Crippen LogP contribution in [0, 0.1) is 40.4 Å². The number of hydrogen-bond acceptors (Lipinski definition) is 2. The molecule has 1 saturated heterocycles. The van der Waals surface area contributed by atoms with E-state index in [0.29, 0.717) is 23.4 Å². The Morgan fingerprint density at radius 3 is 2.68 bits per heavy atom. The molecule has 0 amide bonds. The quantitative estimate of drug-likeness (QED) is 0.567. The lowest BCUT2D eigenvalue weighted by atomic mass is 9.46. The second-order valence-corrected chi connectivity index (χ2v) is 10.8. The van der Waals surface area contributed by atoms with E-state index in [2.05, 4.69) is 26.8 Å². The van der Waals surface area contributed by atoms with E-state index in [0.717, 1.165) is 30.3 Å². The van der Waals surface area contributed by atoms with Crippen LogP contribution in [0.25, 0.3) is 0 Å². The van der Waals surface area contributed by atoms with E-state index in [-0.39, 0.29) is 5.60 Å². The molecule has 5 rings (SSSR count). The maximum atomic E-state index is 9.76. The van der Waals surface area contributed by atoms with E-state index in [9.17, 15) is 5.11 Å². The van der Waals surface area contributed by atoms with Crippen LogP contribution in [0.15, 0.2) is 11.6 Å². The summed E-state index contributed by atoms with van der Waals surface area (Å²) in [5.74, 6) is 3.87. The Bertz CT molecular complexity index is 591. The van der Waals surface area contributed by atoms with Crippen LogP contribution in [0.5, 0.6) is 0 Å². The summed E-state index contributed by atoms with van der Waals surface area (Å²) in [4.78, 5) is 0. The maximum absolute atomic E-state index is 9.76. The molecule has 25 heavy (non-hydrogen) atoms. The molecule has 0 bridgehead atoms. The highest BCUT2D eigenvalue weighted by Gasteiger charge is 2.61. The molecule has 1 spiro atoms. The van der Waals surface area contributed by atoms with E-state index in [1.165, 1.54) is 51.4 Å². The van der Waals surface area contributed by atoms with E-state index in [1.807, 2.05) is 0 Å². The van der Waals surface area contributed by atoms with Gasteiger partial charge in [0.2, 0.25) is 0 Å². The fourth-order valence-electron chi connectivity index (χ4n) is 8.15. The van der Waals surface area contributed by atoms with E-state index in [1.54, 1.807) is 5.57 Å². The number of epoxide rings is 1. The number of ether oxygens (including phenoxy) is 1. The average Bonchev–Trinajstić information content (AvgIpc) is 3.26. The molecule has 1 aliphatic heterocycles. The highest BCUT2D eigenvalue weighted by molar-refractivity contribution is 5.28. The van der Waals surface area contributed by atoms with Crippen molar-refractivity contribution in [3.63, 3.8) is 0 Å². The second-order valence-electron chi connectivity index (χ2n) is 10.8. The molecular weight excluding hydrogens is 308 g/mol. The second kappa shape index (κ2) is 5.35. The van der Waals surface area contributed by atoms with Gasteiger partial charge in [-0.25, -0.2) is 0 Å². The van der Waals surface area contributed by atoms with Gasteiger partial charge in [0.25, 0.3) is 0 Å². The van der Waals surface area contributed by atoms with Gasteiger partial charge in [0, 0.05) is 13.0 Å². The van der Waals surface area contributed by atoms with Gasteiger partial charge in [-0.2, -0.15) is 0 Å². The van der Waals surface area contributed by atoms with Crippen LogP contribution in [0.4, 0.5) is 0 Å². The first-order valence-corrected chi connectivity index (χ1v) is 10.9. The van der Waals surface area contributed by atoms with Gasteiger partial charge >= 0.3 is 0 Å². The zero-order valence-corrected chi connectivity index (χ0v) is 16.4. The Labute approximate surface area is 153 Å². The average molecular weight is 345 g/mol. The molecule has 0 aromatic heterocycles. The molecule has 4 aliphatic carbocycles. The van der Waals surface area contributed by atoms with Crippen LogP contribution >= 0.6 is 0 Å². The highest BCUT2D eigenvalue weighted by atomic mass is 16.6. The van der Waals surface area contributed by atoms with E-state index < -0.39 is 0 Å². The van der Waals surface area contributed by atoms with Crippen LogP contribution in [0.3, 0.4) is 0 Å². The molecule has 3 saturated carbocycles. The summed E-state index contributed by atoms with van der Waals surface area (Å²) in [5, 5.41) is 9.76. The Kier molecular flexibility index (Phi) is 3.60. The topological polar surface area (TPSA) is 32.8 Å². The van der Waals surface area contributed by atoms with Crippen molar-refractivity contribution in [1.82, 2.24) is 0 Å². The fraction of sp³-hybridized carbons (Fsp3) is 0.913. The minimum Gasteiger partial charge on any atom is -0.396 e. The Morgan fingerprint density at radius 1 is 1.16 bits per heavy atom. The summed E-state index contributed by atoms with van der Waals surface area (Å²) in [6.45, 7) is 8.82. The molecule has 1 heterocycles. The molecule has 2 nitrogen and oxygen atoms in total. The largest absolute Gasteiger partial charge is 0.396 e. The minimum absolute atomic E-state index is 0.260. The number of hydrogen-bond donors (Lipinski definition) is 1. The van der Waals surface area contributed by atoms with Crippen molar-refractivity contribution < 1.29 is 9.84 Å². The van der Waals surface area contributed by atoms with Crippen LogP contribution in [-0.2, 0) is 4.74 Å². The number of aliphatic hydroxyl groups excluding tert-OH is 1. The maximum Gasteiger partial charge on any atom is 0.0953 e. The molecular formula is C23H36O2. The summed E-state index contributed by atoms with van der Waals surface area (Å²) in [7, 11) is 0. The summed E-state index contributed by atoms with van der Waals surface area (Å²) in [6, 6.07) is 0. The molecule has 140 valence electrons. The smallest absolute Gasteiger partial charge is 0.0953 e. The number of fused-ring (bicyclic) bond motifs is 5. The third-order valence-corrected chi connectivity index (χ3v) is 9.84. The number of rotatable bonds is 2. The van der Waals surface area contributed by atoms with Gasteiger partial charge in [0.15, 0.2) is 0 Å². The highest BCUT2D eigenvalue weighted by Crippen LogP contribution is 2.68. The van der Waals surface area contributed by atoms with Crippen LogP contribution in [0.2, 0.25) is 0 Å². The van der Waals surface area contributed by atoms with Crippen molar-refractivity contribution in [3.05, 3.63) is 11.6 Å². The first-order valence-electron chi connectivity index (χ1n) is 10.9. The SMILES string of the molecule is C[C@H](CO)[C@H]1CC[C@H]2[C@@H]3CC=C4CC5(CC[C@]4(C)[C@H]3CC[C@]12C)CO5. The molecule has 8 atom stereocenters. The molecule has 0 aromatic rings. The lowest BCUT2D eigenvalue weighted by Gasteiger charge is -2.58. The van der Waals surface area contributed by atoms with Crippen molar-refractivity contribution in [1.29, 1.82) is 0 Å². The summed E-state index contributed by atoms with van der Waals surface area (Å²) in [6.07, 6.45) is 13.4. The van der Waals surface area contributed by atoms with E-state index >= 15 is 0 Å². The molecule has 2 heteroatoms. The van der Waals surface area contributed by atoms with Crippen molar-refractivity contribution in [2.75, 3.05) is 13.2 Å². The third kappa shape index (κ3) is 2.22. The van der Waals surface area contributed by atoms with Gasteiger partial charge in [-0.15, -0.1) is 0 Å². The molecule has 1 unspecified atom stereocenters. The monoisotopic (exact) mass is 344 g/mol. The lowest BCUT2D eigenvalue weighted by Crippen LogP contribution is -2.51. The van der Waals surface area contributed by atoms with Crippen LogP contribution in [-0.4, -0.2) is 23.9 Å². The molecule has 5 aliphatic rings. The summed E-state index contributed by atoms with van der Waals surface area (Å²) >= 11 is 0. The number of aliphatic hydroxyl groups is 1. The number of allylic oxidation sites excluding steroid dienone is 1. The zero-order valence-electron chi connectivity index (χ0n) is 16.4. The van der Waals surface area contributed by atoms with Crippen LogP contribution < -0.4 is 0 Å². The van der Waals surface area contributed by atoms with Gasteiger partial charge in [-0.1, -0.05) is 32.4 Å². The Balaban J connectivity index is 1.44. The predicted octanol–water partition coefficient (Wildman–Crippen LogP) is 4.96. The third-order valence-electron chi connectivity index (χ3n) is 9.84. The predicted molar refractivity (Wildman–Crippen MR) is 100 cm³/mol. The first-order chi connectivity index (χ1) is 11.9. The molecule has 0 radical (unpaired) electrons. The van der Waals surface area contributed by atoms with Crippen molar-refractivity contribution in [2.45, 2.75) is 77.7 Å². The molecule has 4 fully saturated rings. The van der Waals surface area contributed by atoms with E-state index in [4.69, 9.17) is 4.74 Å². The van der Waals surface area contributed by atoms with Crippen molar-refractivity contribution in [2.24, 2.45) is 40.4 Å². The van der Waals surface area contributed by atoms with Gasteiger partial charge < -0.3 is 9.84 Å². The lowest BCUT2D eigenvalue weighted by molar-refractivity contribution is -0.0567. The molecule has 0 aromatic carbocycles. The zero-order chi connectivity index (χ0) is 17.4. The minimum atomic E-state index is 0.260. The van der Waals surface area contributed by atoms with Gasteiger partial charge in [0.05, 0.1) is 12.2 Å². The van der Waals surface area contributed by atoms with Crippen molar-refractivity contribution in [3.8, 4) is 0 Å². The van der Waals surface area contributed by atoms with Gasteiger partial charge in [0.1, 0.15) is 0 Å². The van der Waals surface area contributed by atoms with Crippen LogP contribution in [0.1, 0.15) is 72.1 Å².